The van der Waals surface area contributed by atoms with E-state index in [1.165, 1.54) is 17.0 Å². The van der Waals surface area contributed by atoms with Gasteiger partial charge in [0.1, 0.15) is 0 Å². The zero-order chi connectivity index (χ0) is 12.4. The summed E-state index contributed by atoms with van der Waals surface area (Å²) >= 11 is 0. The van der Waals surface area contributed by atoms with E-state index in [2.05, 4.69) is 43.6 Å². The molecule has 1 aromatic heterocycles. The summed E-state index contributed by atoms with van der Waals surface area (Å²) in [5.74, 6) is 0.679. The smallest absolute Gasteiger partial charge is 0.0967 e. The molecule has 3 nitrogen and oxygen atoms in total. The Morgan fingerprint density at radius 3 is 2.82 bits per heavy atom. The first-order valence-electron chi connectivity index (χ1n) is 6.58. The standard InChI is InChI=1S/C14H24N2O/c1-10(2)9-16-11(3)7-13(12(16)4)14-8-15-5-6-17-14/h7,10,14-15H,5-6,8-9H2,1-4H3. The first kappa shape index (κ1) is 12.7. The van der Waals surface area contributed by atoms with Crippen molar-refractivity contribution in [2.75, 3.05) is 19.7 Å². The molecule has 96 valence electrons. The van der Waals surface area contributed by atoms with Crippen molar-refractivity contribution < 1.29 is 4.74 Å². The molecule has 0 bridgehead atoms. The van der Waals surface area contributed by atoms with Crippen LogP contribution in [0.1, 0.15) is 36.9 Å². The summed E-state index contributed by atoms with van der Waals surface area (Å²) < 4.78 is 8.26. The maximum atomic E-state index is 5.84. The van der Waals surface area contributed by atoms with Crippen molar-refractivity contribution in [2.24, 2.45) is 5.92 Å². The Bertz CT molecular complexity index is 376. The molecule has 1 aliphatic rings. The van der Waals surface area contributed by atoms with E-state index in [0.717, 1.165) is 26.2 Å². The van der Waals surface area contributed by atoms with Crippen LogP contribution in [0, 0.1) is 19.8 Å². The third kappa shape index (κ3) is 2.72. The third-order valence-electron chi connectivity index (χ3n) is 3.44. The number of ether oxygens (including phenoxy) is 1. The van der Waals surface area contributed by atoms with Gasteiger partial charge in [-0.15, -0.1) is 0 Å². The van der Waals surface area contributed by atoms with Gasteiger partial charge in [0.05, 0.1) is 12.7 Å². The van der Waals surface area contributed by atoms with Gasteiger partial charge in [-0.1, -0.05) is 13.8 Å². The lowest BCUT2D eigenvalue weighted by atomic mass is 10.1. The number of rotatable bonds is 3. The molecular formula is C14H24N2O. The van der Waals surface area contributed by atoms with Crippen LogP contribution in [0.15, 0.2) is 6.07 Å². The number of hydrogen-bond acceptors (Lipinski definition) is 2. The van der Waals surface area contributed by atoms with Gasteiger partial charge in [-0.3, -0.25) is 0 Å². The van der Waals surface area contributed by atoms with Gasteiger partial charge in [-0.05, 0) is 25.8 Å². The molecule has 1 N–H and O–H groups in total. The zero-order valence-corrected chi connectivity index (χ0v) is 11.4. The summed E-state index contributed by atoms with van der Waals surface area (Å²) in [4.78, 5) is 0. The molecule has 1 aromatic rings. The summed E-state index contributed by atoms with van der Waals surface area (Å²) in [5.41, 5.74) is 4.07. The first-order valence-corrected chi connectivity index (χ1v) is 6.58. The van der Waals surface area contributed by atoms with Crippen LogP contribution in [0.2, 0.25) is 0 Å². The number of hydrogen-bond donors (Lipinski definition) is 1. The summed E-state index contributed by atoms with van der Waals surface area (Å²) in [6.07, 6.45) is 0.232. The Balaban J connectivity index is 2.23. The van der Waals surface area contributed by atoms with E-state index in [1.54, 1.807) is 0 Å². The highest BCUT2D eigenvalue weighted by Gasteiger charge is 2.21. The number of aromatic nitrogens is 1. The molecule has 1 aliphatic heterocycles. The Morgan fingerprint density at radius 1 is 1.47 bits per heavy atom. The van der Waals surface area contributed by atoms with Crippen LogP contribution in [-0.4, -0.2) is 24.3 Å². The van der Waals surface area contributed by atoms with E-state index >= 15 is 0 Å². The quantitative estimate of drug-likeness (QED) is 0.872. The topological polar surface area (TPSA) is 26.2 Å². The third-order valence-corrected chi connectivity index (χ3v) is 3.44. The van der Waals surface area contributed by atoms with Crippen molar-refractivity contribution >= 4 is 0 Å². The lowest BCUT2D eigenvalue weighted by Gasteiger charge is -2.24. The lowest BCUT2D eigenvalue weighted by molar-refractivity contribution is 0.0272. The number of nitrogens with zero attached hydrogens (tertiary/aromatic N) is 1. The summed E-state index contributed by atoms with van der Waals surface area (Å²) in [7, 11) is 0. The fourth-order valence-electron chi connectivity index (χ4n) is 2.56. The second-order valence-corrected chi connectivity index (χ2v) is 5.39. The van der Waals surface area contributed by atoms with E-state index in [-0.39, 0.29) is 6.10 Å². The molecule has 2 heterocycles. The van der Waals surface area contributed by atoms with Crippen LogP contribution in [0.5, 0.6) is 0 Å². The lowest BCUT2D eigenvalue weighted by Crippen LogP contribution is -2.33. The summed E-state index contributed by atoms with van der Waals surface area (Å²) in [5, 5.41) is 3.40. The molecule has 1 atom stereocenters. The van der Waals surface area contributed by atoms with Gasteiger partial charge in [0.2, 0.25) is 0 Å². The molecule has 0 aromatic carbocycles. The molecule has 1 fully saturated rings. The molecule has 0 radical (unpaired) electrons. The Hall–Kier alpha value is -0.800. The average Bonchev–Trinajstić information content (AvgIpc) is 2.58. The maximum absolute atomic E-state index is 5.84. The monoisotopic (exact) mass is 236 g/mol. The number of morpholine rings is 1. The fourth-order valence-corrected chi connectivity index (χ4v) is 2.56. The van der Waals surface area contributed by atoms with Gasteiger partial charge in [-0.25, -0.2) is 0 Å². The second-order valence-electron chi connectivity index (χ2n) is 5.39. The van der Waals surface area contributed by atoms with Crippen molar-refractivity contribution in [1.29, 1.82) is 0 Å². The highest BCUT2D eigenvalue weighted by molar-refractivity contribution is 5.29. The molecule has 0 saturated carbocycles. The molecule has 1 unspecified atom stereocenters. The average molecular weight is 236 g/mol. The van der Waals surface area contributed by atoms with Crippen molar-refractivity contribution in [1.82, 2.24) is 9.88 Å². The van der Waals surface area contributed by atoms with Crippen LogP contribution in [0.25, 0.3) is 0 Å². The van der Waals surface area contributed by atoms with E-state index in [1.807, 2.05) is 0 Å². The minimum Gasteiger partial charge on any atom is -0.371 e. The Labute approximate surface area is 104 Å². The fraction of sp³-hybridized carbons (Fsp3) is 0.714. The molecule has 3 heteroatoms. The van der Waals surface area contributed by atoms with Crippen LogP contribution in [0.4, 0.5) is 0 Å². The molecule has 0 spiro atoms. The van der Waals surface area contributed by atoms with Gasteiger partial charge in [0.25, 0.3) is 0 Å². The van der Waals surface area contributed by atoms with E-state index < -0.39 is 0 Å². The molecule has 0 aliphatic carbocycles. The predicted octanol–water partition coefficient (Wildman–Crippen LogP) is 2.42. The first-order chi connectivity index (χ1) is 8.09. The molecule has 17 heavy (non-hydrogen) atoms. The number of nitrogens with one attached hydrogen (secondary N) is 1. The van der Waals surface area contributed by atoms with Gasteiger partial charge >= 0.3 is 0 Å². The highest BCUT2D eigenvalue weighted by Crippen LogP contribution is 2.26. The highest BCUT2D eigenvalue weighted by atomic mass is 16.5. The second kappa shape index (κ2) is 5.23. The van der Waals surface area contributed by atoms with Crippen LogP contribution in [0.3, 0.4) is 0 Å². The van der Waals surface area contributed by atoms with E-state index in [9.17, 15) is 0 Å². The van der Waals surface area contributed by atoms with Gasteiger partial charge in [-0.2, -0.15) is 0 Å². The van der Waals surface area contributed by atoms with Crippen LogP contribution < -0.4 is 5.32 Å². The molecule has 0 amide bonds. The van der Waals surface area contributed by atoms with E-state index in [4.69, 9.17) is 4.74 Å². The maximum Gasteiger partial charge on any atom is 0.0967 e. The minimum atomic E-state index is 0.232. The Morgan fingerprint density at radius 2 is 2.24 bits per heavy atom. The summed E-state index contributed by atoms with van der Waals surface area (Å²) in [6, 6.07) is 2.29. The molecule has 1 saturated heterocycles. The summed E-state index contributed by atoms with van der Waals surface area (Å²) in [6.45, 7) is 12.7. The molecular weight excluding hydrogens is 212 g/mol. The normalized spacial score (nSPS) is 21.1. The minimum absolute atomic E-state index is 0.232. The van der Waals surface area contributed by atoms with Crippen molar-refractivity contribution in [3.05, 3.63) is 23.0 Å². The van der Waals surface area contributed by atoms with Crippen LogP contribution in [-0.2, 0) is 11.3 Å². The Kier molecular flexibility index (Phi) is 3.89. The zero-order valence-electron chi connectivity index (χ0n) is 11.4. The molecule has 2 rings (SSSR count). The number of aryl methyl sites for hydroxylation is 1. The van der Waals surface area contributed by atoms with Crippen molar-refractivity contribution in [3.63, 3.8) is 0 Å². The van der Waals surface area contributed by atoms with Crippen molar-refractivity contribution in [2.45, 2.75) is 40.3 Å². The van der Waals surface area contributed by atoms with Gasteiger partial charge < -0.3 is 14.6 Å². The van der Waals surface area contributed by atoms with Crippen molar-refractivity contribution in [3.8, 4) is 0 Å². The largest absolute Gasteiger partial charge is 0.371 e. The van der Waals surface area contributed by atoms with Crippen LogP contribution >= 0.6 is 0 Å². The van der Waals surface area contributed by atoms with Gasteiger partial charge in [0.15, 0.2) is 0 Å². The van der Waals surface area contributed by atoms with Gasteiger partial charge in [0, 0.05) is 36.6 Å². The SMILES string of the molecule is Cc1cc(C2CNCCO2)c(C)n1CC(C)C. The predicted molar refractivity (Wildman–Crippen MR) is 70.3 cm³/mol. The van der Waals surface area contributed by atoms with E-state index in [0.29, 0.717) is 5.92 Å².